The maximum Gasteiger partial charge on any atom is 0.326 e. The van der Waals surface area contributed by atoms with E-state index in [2.05, 4.69) is 43.6 Å². The van der Waals surface area contributed by atoms with Gasteiger partial charge in [-0.15, -0.1) is 0 Å². The number of aromatic nitrogens is 2. The molecule has 2 fully saturated rings. The molecule has 0 amide bonds. The molecule has 1 aliphatic heterocycles. The molecule has 0 spiro atoms. The van der Waals surface area contributed by atoms with E-state index in [1.54, 1.807) is 0 Å². The van der Waals surface area contributed by atoms with Gasteiger partial charge in [-0.3, -0.25) is 4.57 Å². The minimum absolute atomic E-state index is 0.0408. The number of benzene rings is 1. The molecule has 1 aliphatic carbocycles. The lowest BCUT2D eigenvalue weighted by molar-refractivity contribution is 0.171. The van der Waals surface area contributed by atoms with Gasteiger partial charge < -0.3 is 9.88 Å². The fourth-order valence-corrected chi connectivity index (χ4v) is 4.84. The van der Waals surface area contributed by atoms with Crippen molar-refractivity contribution in [3.05, 3.63) is 34.7 Å². The average Bonchev–Trinajstić information content (AvgIpc) is 2.82. The molecule has 4 nitrogen and oxygen atoms in total. The Labute approximate surface area is 143 Å². The van der Waals surface area contributed by atoms with E-state index in [0.717, 1.165) is 42.9 Å². The van der Waals surface area contributed by atoms with Crippen LogP contribution in [0.1, 0.15) is 46.6 Å². The van der Waals surface area contributed by atoms with Gasteiger partial charge in [0.15, 0.2) is 0 Å². The first-order chi connectivity index (χ1) is 11.3. The van der Waals surface area contributed by atoms with Gasteiger partial charge in [-0.05, 0) is 41.7 Å². The standard InChI is InChI=1S/C20H29N3O/c1-19(2)17(20(19,3)4)13-22-11-9-14(10-12-22)23-16-8-6-5-7-15(16)21-18(23)24/h5-8,14,17H,9-13H2,1-4H3,(H,21,24). The van der Waals surface area contributed by atoms with Crippen molar-refractivity contribution in [1.82, 2.24) is 14.5 Å². The summed E-state index contributed by atoms with van der Waals surface area (Å²) < 4.78 is 1.98. The smallest absolute Gasteiger partial charge is 0.306 e. The van der Waals surface area contributed by atoms with Crippen molar-refractivity contribution >= 4 is 11.0 Å². The Morgan fingerprint density at radius 3 is 2.33 bits per heavy atom. The van der Waals surface area contributed by atoms with Crippen LogP contribution in [-0.2, 0) is 0 Å². The fourth-order valence-electron chi connectivity index (χ4n) is 4.84. The number of imidazole rings is 1. The van der Waals surface area contributed by atoms with E-state index in [4.69, 9.17) is 0 Å². The number of hydrogen-bond acceptors (Lipinski definition) is 2. The van der Waals surface area contributed by atoms with Crippen LogP contribution < -0.4 is 5.69 Å². The maximum absolute atomic E-state index is 12.4. The highest BCUT2D eigenvalue weighted by atomic mass is 16.1. The first kappa shape index (κ1) is 15.9. The number of piperidine rings is 1. The van der Waals surface area contributed by atoms with E-state index in [-0.39, 0.29) is 5.69 Å². The van der Waals surface area contributed by atoms with E-state index in [0.29, 0.717) is 16.9 Å². The molecule has 2 heterocycles. The molecular weight excluding hydrogens is 298 g/mol. The van der Waals surface area contributed by atoms with E-state index in [1.807, 2.05) is 22.8 Å². The van der Waals surface area contributed by atoms with E-state index < -0.39 is 0 Å². The third-order valence-corrected chi connectivity index (χ3v) is 7.31. The van der Waals surface area contributed by atoms with Crippen molar-refractivity contribution in [2.45, 2.75) is 46.6 Å². The molecule has 0 atom stereocenters. The molecule has 1 aromatic carbocycles. The monoisotopic (exact) mass is 327 g/mol. The Morgan fingerprint density at radius 2 is 1.71 bits per heavy atom. The minimum Gasteiger partial charge on any atom is -0.306 e. The van der Waals surface area contributed by atoms with Crippen LogP contribution in [0, 0.1) is 16.7 Å². The van der Waals surface area contributed by atoms with Crippen molar-refractivity contribution in [2.75, 3.05) is 19.6 Å². The average molecular weight is 327 g/mol. The molecule has 1 saturated heterocycles. The van der Waals surface area contributed by atoms with Gasteiger partial charge >= 0.3 is 5.69 Å². The molecule has 2 aliphatic rings. The minimum atomic E-state index is 0.0408. The van der Waals surface area contributed by atoms with Crippen LogP contribution >= 0.6 is 0 Å². The zero-order valence-electron chi connectivity index (χ0n) is 15.3. The summed E-state index contributed by atoms with van der Waals surface area (Å²) in [6, 6.07) is 8.35. The molecule has 2 aromatic rings. The Hall–Kier alpha value is -1.55. The number of aromatic amines is 1. The molecule has 0 bridgehead atoms. The van der Waals surface area contributed by atoms with Gasteiger partial charge in [0.25, 0.3) is 0 Å². The molecule has 1 N–H and O–H groups in total. The highest BCUT2D eigenvalue weighted by Crippen LogP contribution is 2.68. The number of H-pyrrole nitrogens is 1. The molecule has 24 heavy (non-hydrogen) atoms. The summed E-state index contributed by atoms with van der Waals surface area (Å²) in [5, 5.41) is 0. The van der Waals surface area contributed by atoms with Crippen molar-refractivity contribution < 1.29 is 0 Å². The maximum atomic E-state index is 12.4. The predicted octanol–water partition coefficient (Wildman–Crippen LogP) is 3.65. The van der Waals surface area contributed by atoms with Crippen LogP contribution in [0.4, 0.5) is 0 Å². The SMILES string of the molecule is CC1(C)C(CN2CCC(n3c(=O)[nH]c4ccccc43)CC2)C1(C)C. The van der Waals surface area contributed by atoms with Crippen molar-refractivity contribution in [2.24, 2.45) is 16.7 Å². The number of fused-ring (bicyclic) bond motifs is 1. The molecule has 4 heteroatoms. The van der Waals surface area contributed by atoms with Gasteiger partial charge in [0, 0.05) is 25.7 Å². The summed E-state index contributed by atoms with van der Waals surface area (Å²) in [6.45, 7) is 13.0. The second-order valence-corrected chi connectivity index (χ2v) is 8.85. The van der Waals surface area contributed by atoms with Gasteiger partial charge in [0.1, 0.15) is 0 Å². The summed E-state index contributed by atoms with van der Waals surface area (Å²) in [5.74, 6) is 0.789. The van der Waals surface area contributed by atoms with Gasteiger partial charge in [-0.1, -0.05) is 39.8 Å². The Bertz CT molecular complexity index is 792. The number of likely N-dealkylation sites (tertiary alicyclic amines) is 1. The van der Waals surface area contributed by atoms with Crippen LogP contribution in [-0.4, -0.2) is 34.1 Å². The number of nitrogens with zero attached hydrogens (tertiary/aromatic N) is 2. The molecule has 4 rings (SSSR count). The summed E-state index contributed by atoms with van der Waals surface area (Å²) in [4.78, 5) is 18.0. The lowest BCUT2D eigenvalue weighted by atomic mass is 10.0. The first-order valence-corrected chi connectivity index (χ1v) is 9.24. The first-order valence-electron chi connectivity index (χ1n) is 9.24. The summed E-state index contributed by atoms with van der Waals surface area (Å²) in [6.07, 6.45) is 2.13. The quantitative estimate of drug-likeness (QED) is 0.935. The molecule has 1 saturated carbocycles. The summed E-state index contributed by atoms with van der Waals surface area (Å²) in [5.41, 5.74) is 2.95. The van der Waals surface area contributed by atoms with Crippen LogP contribution in [0.15, 0.2) is 29.1 Å². The van der Waals surface area contributed by atoms with Gasteiger partial charge in [-0.25, -0.2) is 4.79 Å². The Kier molecular flexibility index (Phi) is 3.47. The number of para-hydroxylation sites is 2. The second-order valence-electron chi connectivity index (χ2n) is 8.85. The topological polar surface area (TPSA) is 41.0 Å². The highest BCUT2D eigenvalue weighted by molar-refractivity contribution is 5.75. The Balaban J connectivity index is 1.45. The van der Waals surface area contributed by atoms with Gasteiger partial charge in [0.05, 0.1) is 11.0 Å². The summed E-state index contributed by atoms with van der Waals surface area (Å²) >= 11 is 0. The lowest BCUT2D eigenvalue weighted by Crippen LogP contribution is -2.38. The summed E-state index contributed by atoms with van der Waals surface area (Å²) in [7, 11) is 0. The number of nitrogens with one attached hydrogen (secondary N) is 1. The lowest BCUT2D eigenvalue weighted by Gasteiger charge is -2.33. The molecule has 130 valence electrons. The van der Waals surface area contributed by atoms with E-state index >= 15 is 0 Å². The van der Waals surface area contributed by atoms with Crippen LogP contribution in [0.2, 0.25) is 0 Å². The van der Waals surface area contributed by atoms with E-state index in [1.165, 1.54) is 6.54 Å². The third kappa shape index (κ3) is 2.26. The molecule has 1 aromatic heterocycles. The van der Waals surface area contributed by atoms with Crippen LogP contribution in [0.5, 0.6) is 0 Å². The molecule has 0 unspecified atom stereocenters. The third-order valence-electron chi connectivity index (χ3n) is 7.31. The second kappa shape index (κ2) is 5.22. The molecular formula is C20H29N3O. The van der Waals surface area contributed by atoms with E-state index in [9.17, 15) is 4.79 Å². The molecule has 0 radical (unpaired) electrons. The van der Waals surface area contributed by atoms with Crippen molar-refractivity contribution in [3.8, 4) is 0 Å². The highest BCUT2D eigenvalue weighted by Gasteiger charge is 2.64. The van der Waals surface area contributed by atoms with Gasteiger partial charge in [-0.2, -0.15) is 0 Å². The van der Waals surface area contributed by atoms with Crippen LogP contribution in [0.25, 0.3) is 11.0 Å². The largest absolute Gasteiger partial charge is 0.326 e. The van der Waals surface area contributed by atoms with Crippen molar-refractivity contribution in [1.29, 1.82) is 0 Å². The van der Waals surface area contributed by atoms with Crippen molar-refractivity contribution in [3.63, 3.8) is 0 Å². The van der Waals surface area contributed by atoms with Crippen LogP contribution in [0.3, 0.4) is 0 Å². The number of rotatable bonds is 3. The predicted molar refractivity (Wildman–Crippen MR) is 98.3 cm³/mol. The fraction of sp³-hybridized carbons (Fsp3) is 0.650. The zero-order chi connectivity index (χ0) is 17.1. The Morgan fingerprint density at radius 1 is 1.08 bits per heavy atom. The normalized spacial score (nSPS) is 24.5. The zero-order valence-corrected chi connectivity index (χ0v) is 15.3. The van der Waals surface area contributed by atoms with Gasteiger partial charge in [0.2, 0.25) is 0 Å². The number of hydrogen-bond donors (Lipinski definition) is 1.